The second-order valence-electron chi connectivity index (χ2n) is 7.82. The first-order valence-electron chi connectivity index (χ1n) is 11.1. The van der Waals surface area contributed by atoms with Crippen molar-refractivity contribution in [2.24, 2.45) is 10.9 Å². The number of rotatable bonds is 9. The number of aliphatic imine (C=N–C) groups is 1. The Bertz CT molecular complexity index is 623. The maximum absolute atomic E-state index is 12.6. The van der Waals surface area contributed by atoms with Gasteiger partial charge in [-0.15, -0.1) is 0 Å². The highest BCUT2D eigenvalue weighted by Crippen LogP contribution is 2.17. The predicted molar refractivity (Wildman–Crippen MR) is 119 cm³/mol. The molecule has 1 amide bonds. The van der Waals surface area contributed by atoms with Gasteiger partial charge in [0, 0.05) is 38.0 Å². The van der Waals surface area contributed by atoms with Gasteiger partial charge in [0.05, 0.1) is 12.6 Å². The van der Waals surface area contributed by atoms with Crippen LogP contribution in [0.15, 0.2) is 35.3 Å². The van der Waals surface area contributed by atoms with Gasteiger partial charge in [-0.1, -0.05) is 44.2 Å². The number of benzene rings is 1. The van der Waals surface area contributed by atoms with Gasteiger partial charge < -0.3 is 20.6 Å². The molecule has 1 heterocycles. The van der Waals surface area contributed by atoms with Gasteiger partial charge in [-0.05, 0) is 38.2 Å². The number of piperidine rings is 1. The van der Waals surface area contributed by atoms with Crippen molar-refractivity contribution < 1.29 is 9.90 Å². The van der Waals surface area contributed by atoms with Crippen molar-refractivity contribution in [3.05, 3.63) is 35.9 Å². The summed E-state index contributed by atoms with van der Waals surface area (Å²) in [7, 11) is 0. The zero-order valence-electron chi connectivity index (χ0n) is 18.2. The third-order valence-corrected chi connectivity index (χ3v) is 5.60. The number of carbonyl (C=O) groups is 1. The van der Waals surface area contributed by atoms with E-state index in [1.807, 2.05) is 42.2 Å². The van der Waals surface area contributed by atoms with Gasteiger partial charge in [0.1, 0.15) is 0 Å². The van der Waals surface area contributed by atoms with Gasteiger partial charge in [0.25, 0.3) is 0 Å². The third kappa shape index (κ3) is 7.69. The minimum absolute atomic E-state index is 0.157. The fourth-order valence-corrected chi connectivity index (χ4v) is 3.80. The molecule has 0 aromatic heterocycles. The van der Waals surface area contributed by atoms with Crippen LogP contribution in [0.1, 0.15) is 52.0 Å². The van der Waals surface area contributed by atoms with Crippen molar-refractivity contribution in [3.8, 4) is 0 Å². The molecule has 0 spiro atoms. The summed E-state index contributed by atoms with van der Waals surface area (Å²) >= 11 is 0. The minimum Gasteiger partial charge on any atom is -0.391 e. The van der Waals surface area contributed by atoms with Crippen molar-refractivity contribution in [1.29, 1.82) is 0 Å². The molecule has 3 N–H and O–H groups in total. The summed E-state index contributed by atoms with van der Waals surface area (Å²) in [4.78, 5) is 19.2. The van der Waals surface area contributed by atoms with Gasteiger partial charge in [-0.3, -0.25) is 9.79 Å². The lowest BCUT2D eigenvalue weighted by atomic mass is 9.98. The van der Waals surface area contributed by atoms with E-state index < -0.39 is 6.10 Å². The van der Waals surface area contributed by atoms with E-state index in [0.717, 1.165) is 56.8 Å². The molecule has 1 aromatic carbocycles. The number of nitrogens with one attached hydrogen (secondary N) is 2. The Morgan fingerprint density at radius 1 is 1.17 bits per heavy atom. The smallest absolute Gasteiger partial charge is 0.225 e. The Kier molecular flexibility index (Phi) is 9.98. The first-order valence-corrected chi connectivity index (χ1v) is 11.1. The molecule has 6 nitrogen and oxygen atoms in total. The second-order valence-corrected chi connectivity index (χ2v) is 7.82. The average Bonchev–Trinajstić information content (AvgIpc) is 2.74. The van der Waals surface area contributed by atoms with Gasteiger partial charge in [0.15, 0.2) is 5.96 Å². The number of hydrogen-bond acceptors (Lipinski definition) is 3. The Balaban J connectivity index is 1.82. The van der Waals surface area contributed by atoms with E-state index >= 15 is 0 Å². The van der Waals surface area contributed by atoms with Crippen molar-refractivity contribution in [2.75, 3.05) is 26.2 Å². The Morgan fingerprint density at radius 2 is 1.83 bits per heavy atom. The van der Waals surface area contributed by atoms with Gasteiger partial charge in [0.2, 0.25) is 5.91 Å². The summed E-state index contributed by atoms with van der Waals surface area (Å²) in [5.41, 5.74) is 1.11. The molecule has 162 valence electrons. The van der Waals surface area contributed by atoms with Gasteiger partial charge >= 0.3 is 0 Å². The Hall–Kier alpha value is -2.08. The fraction of sp³-hybridized carbons (Fsp3) is 0.652. The number of amides is 1. The summed E-state index contributed by atoms with van der Waals surface area (Å²) in [6, 6.07) is 10.3. The maximum Gasteiger partial charge on any atom is 0.225 e. The number of aliphatic hydroxyl groups excluding tert-OH is 1. The summed E-state index contributed by atoms with van der Waals surface area (Å²) in [6.07, 6.45) is 3.75. The Labute approximate surface area is 175 Å². The highest BCUT2D eigenvalue weighted by atomic mass is 16.3. The SMILES string of the molecule is CCNC(=NCC(O)Cc1ccccc1)NC1CCN(C(=O)C(CC)CC)CC1. The second kappa shape index (κ2) is 12.5. The summed E-state index contributed by atoms with van der Waals surface area (Å²) in [5.74, 6) is 1.20. The summed E-state index contributed by atoms with van der Waals surface area (Å²) < 4.78 is 0. The van der Waals surface area contributed by atoms with E-state index in [4.69, 9.17) is 0 Å². The molecule has 0 bridgehead atoms. The number of likely N-dealkylation sites (tertiary alicyclic amines) is 1. The molecule has 1 aliphatic heterocycles. The van der Waals surface area contributed by atoms with E-state index in [-0.39, 0.29) is 5.92 Å². The molecule has 1 aliphatic rings. The van der Waals surface area contributed by atoms with Crippen molar-refractivity contribution in [2.45, 2.75) is 65.0 Å². The minimum atomic E-state index is -0.507. The lowest BCUT2D eigenvalue weighted by Crippen LogP contribution is -2.50. The normalized spacial score (nSPS) is 16.7. The van der Waals surface area contributed by atoms with Crippen LogP contribution >= 0.6 is 0 Å². The van der Waals surface area contributed by atoms with E-state index in [0.29, 0.717) is 24.9 Å². The molecule has 29 heavy (non-hydrogen) atoms. The molecular weight excluding hydrogens is 364 g/mol. The quantitative estimate of drug-likeness (QED) is 0.438. The van der Waals surface area contributed by atoms with Crippen LogP contribution < -0.4 is 10.6 Å². The highest BCUT2D eigenvalue weighted by molar-refractivity contribution is 5.80. The average molecular weight is 403 g/mol. The van der Waals surface area contributed by atoms with Crippen LogP contribution in [-0.2, 0) is 11.2 Å². The molecule has 1 atom stereocenters. The van der Waals surface area contributed by atoms with Crippen molar-refractivity contribution in [1.82, 2.24) is 15.5 Å². The molecule has 1 saturated heterocycles. The van der Waals surface area contributed by atoms with Gasteiger partial charge in [-0.25, -0.2) is 0 Å². The monoisotopic (exact) mass is 402 g/mol. The molecule has 0 saturated carbocycles. The molecule has 0 aliphatic carbocycles. The van der Waals surface area contributed by atoms with Gasteiger partial charge in [-0.2, -0.15) is 0 Å². The third-order valence-electron chi connectivity index (χ3n) is 5.60. The molecule has 0 radical (unpaired) electrons. The van der Waals surface area contributed by atoms with Crippen LogP contribution in [0.25, 0.3) is 0 Å². The lowest BCUT2D eigenvalue weighted by Gasteiger charge is -2.35. The van der Waals surface area contributed by atoms with Crippen LogP contribution in [0.5, 0.6) is 0 Å². The van der Waals surface area contributed by atoms with Crippen molar-refractivity contribution in [3.63, 3.8) is 0 Å². The van der Waals surface area contributed by atoms with Crippen LogP contribution in [0.4, 0.5) is 0 Å². The maximum atomic E-state index is 12.6. The van der Waals surface area contributed by atoms with Crippen molar-refractivity contribution >= 4 is 11.9 Å². The number of carbonyl (C=O) groups excluding carboxylic acids is 1. The summed E-state index contributed by atoms with van der Waals surface area (Å²) in [6.45, 7) is 8.93. The van der Waals surface area contributed by atoms with Crippen LogP contribution in [0.2, 0.25) is 0 Å². The topological polar surface area (TPSA) is 77.0 Å². The molecule has 6 heteroatoms. The predicted octanol–water partition coefficient (Wildman–Crippen LogP) is 2.57. The fourth-order valence-electron chi connectivity index (χ4n) is 3.80. The van der Waals surface area contributed by atoms with E-state index in [1.165, 1.54) is 0 Å². The largest absolute Gasteiger partial charge is 0.391 e. The zero-order chi connectivity index (χ0) is 21.1. The number of hydrogen-bond donors (Lipinski definition) is 3. The molecule has 2 rings (SSSR count). The van der Waals surface area contributed by atoms with Crippen LogP contribution in [-0.4, -0.2) is 60.2 Å². The molecule has 1 aromatic rings. The lowest BCUT2D eigenvalue weighted by molar-refractivity contribution is -0.136. The van der Waals surface area contributed by atoms with E-state index in [9.17, 15) is 9.90 Å². The van der Waals surface area contributed by atoms with E-state index in [2.05, 4.69) is 29.5 Å². The summed E-state index contributed by atoms with van der Waals surface area (Å²) in [5, 5.41) is 17.1. The highest BCUT2D eigenvalue weighted by Gasteiger charge is 2.26. The first-order chi connectivity index (χ1) is 14.1. The molecule has 1 fully saturated rings. The van der Waals surface area contributed by atoms with Crippen LogP contribution in [0.3, 0.4) is 0 Å². The molecule has 1 unspecified atom stereocenters. The first kappa shape index (κ1) is 23.2. The number of guanidine groups is 1. The standard InChI is InChI=1S/C23H38N4O2/c1-4-19(5-2)22(29)27-14-12-20(13-15-27)26-23(24-6-3)25-17-21(28)16-18-10-8-7-9-11-18/h7-11,19-21,28H,4-6,12-17H2,1-3H3,(H2,24,25,26). The van der Waals surface area contributed by atoms with Crippen LogP contribution in [0, 0.1) is 5.92 Å². The number of nitrogens with zero attached hydrogens (tertiary/aromatic N) is 2. The van der Waals surface area contributed by atoms with E-state index in [1.54, 1.807) is 0 Å². The molecular formula is C23H38N4O2. The Morgan fingerprint density at radius 3 is 2.41 bits per heavy atom. The number of aliphatic hydroxyl groups is 1. The zero-order valence-corrected chi connectivity index (χ0v) is 18.2.